The quantitative estimate of drug-likeness (QED) is 0.627. The Bertz CT molecular complexity index is 136. The van der Waals surface area contributed by atoms with Crippen molar-refractivity contribution < 1.29 is 5.11 Å². The first-order valence-electron chi connectivity index (χ1n) is 4.36. The van der Waals surface area contributed by atoms with Gasteiger partial charge in [-0.25, -0.2) is 0 Å². The molecule has 0 aromatic carbocycles. The molecule has 0 aromatic heterocycles. The Balaban J connectivity index is 1.85. The minimum absolute atomic E-state index is 0.0411. The van der Waals surface area contributed by atoms with Crippen molar-refractivity contribution in [2.45, 2.75) is 25.0 Å². The maximum Gasteiger partial charge on any atom is 0.0679 e. The van der Waals surface area contributed by atoms with Crippen LogP contribution in [0.2, 0.25) is 0 Å². The number of nitrogens with zero attached hydrogens (tertiary/aromatic N) is 1. The number of hydrogen-bond acceptors (Lipinski definition) is 3. The Morgan fingerprint density at radius 2 is 2.27 bits per heavy atom. The van der Waals surface area contributed by atoms with E-state index in [1.54, 1.807) is 0 Å². The molecule has 0 aliphatic carbocycles. The van der Waals surface area contributed by atoms with Gasteiger partial charge >= 0.3 is 0 Å². The van der Waals surface area contributed by atoms with Crippen LogP contribution in [0.1, 0.15) is 12.8 Å². The van der Waals surface area contributed by atoms with E-state index in [4.69, 9.17) is 0 Å². The van der Waals surface area contributed by atoms with Crippen LogP contribution in [0.3, 0.4) is 0 Å². The number of aliphatic hydroxyl groups excluding tert-OH is 1. The highest BCUT2D eigenvalue weighted by Gasteiger charge is 2.28. The van der Waals surface area contributed by atoms with Crippen LogP contribution >= 0.6 is 11.8 Å². The van der Waals surface area contributed by atoms with Crippen LogP contribution in [0.15, 0.2) is 0 Å². The molecule has 2 fully saturated rings. The summed E-state index contributed by atoms with van der Waals surface area (Å²) in [6.07, 6.45) is 2.28. The molecule has 0 radical (unpaired) electrons. The number of hydrogen-bond donors (Lipinski definition) is 1. The summed E-state index contributed by atoms with van der Waals surface area (Å²) < 4.78 is 0. The Hall–Kier alpha value is 0.270. The molecule has 2 rings (SSSR count). The SMILES string of the molecule is O[C@@H]1CCN([C@@H]2CCSC2)C1. The second-order valence-corrected chi connectivity index (χ2v) is 4.60. The smallest absolute Gasteiger partial charge is 0.0679 e. The Labute approximate surface area is 72.0 Å². The van der Waals surface area contributed by atoms with Gasteiger partial charge < -0.3 is 5.11 Å². The van der Waals surface area contributed by atoms with E-state index in [0.29, 0.717) is 0 Å². The number of likely N-dealkylation sites (tertiary alicyclic amines) is 1. The summed E-state index contributed by atoms with van der Waals surface area (Å²) in [5, 5.41) is 9.31. The highest BCUT2D eigenvalue weighted by molar-refractivity contribution is 7.99. The predicted molar refractivity (Wildman–Crippen MR) is 47.9 cm³/mol. The molecule has 2 aliphatic rings. The van der Waals surface area contributed by atoms with Gasteiger partial charge in [-0.3, -0.25) is 4.90 Å². The molecule has 2 atom stereocenters. The lowest BCUT2D eigenvalue weighted by atomic mass is 10.2. The zero-order chi connectivity index (χ0) is 7.68. The summed E-state index contributed by atoms with van der Waals surface area (Å²) in [5.74, 6) is 2.60. The molecular weight excluding hydrogens is 158 g/mol. The van der Waals surface area contributed by atoms with Crippen LogP contribution in [0.4, 0.5) is 0 Å². The molecule has 11 heavy (non-hydrogen) atoms. The van der Waals surface area contributed by atoms with Crippen molar-refractivity contribution in [3.05, 3.63) is 0 Å². The summed E-state index contributed by atoms with van der Waals surface area (Å²) in [5.41, 5.74) is 0. The van der Waals surface area contributed by atoms with E-state index in [9.17, 15) is 5.11 Å². The molecule has 0 unspecified atom stereocenters. The van der Waals surface area contributed by atoms with Gasteiger partial charge in [0.1, 0.15) is 0 Å². The highest BCUT2D eigenvalue weighted by atomic mass is 32.2. The molecule has 0 spiro atoms. The zero-order valence-corrected chi connectivity index (χ0v) is 7.52. The van der Waals surface area contributed by atoms with Crippen molar-refractivity contribution in [3.63, 3.8) is 0 Å². The average Bonchev–Trinajstić information content (AvgIpc) is 2.55. The second-order valence-electron chi connectivity index (χ2n) is 3.45. The molecule has 2 saturated heterocycles. The average molecular weight is 173 g/mol. The lowest BCUT2D eigenvalue weighted by molar-refractivity contribution is 0.164. The predicted octanol–water partition coefficient (Wildman–Crippen LogP) is 0.559. The number of aliphatic hydroxyl groups is 1. The van der Waals surface area contributed by atoms with E-state index >= 15 is 0 Å². The Morgan fingerprint density at radius 1 is 1.36 bits per heavy atom. The lowest BCUT2D eigenvalue weighted by Gasteiger charge is -2.21. The summed E-state index contributed by atoms with van der Waals surface area (Å²) in [7, 11) is 0. The summed E-state index contributed by atoms with van der Waals surface area (Å²) in [6, 6.07) is 0.775. The maximum atomic E-state index is 9.31. The van der Waals surface area contributed by atoms with Gasteiger partial charge in [0.15, 0.2) is 0 Å². The number of thioether (sulfide) groups is 1. The first-order valence-corrected chi connectivity index (χ1v) is 5.51. The van der Waals surface area contributed by atoms with Gasteiger partial charge in [0.05, 0.1) is 6.10 Å². The van der Waals surface area contributed by atoms with E-state index in [0.717, 1.165) is 25.6 Å². The molecule has 2 aliphatic heterocycles. The van der Waals surface area contributed by atoms with Gasteiger partial charge in [-0.1, -0.05) is 0 Å². The first-order chi connectivity index (χ1) is 5.36. The van der Waals surface area contributed by atoms with E-state index < -0.39 is 0 Å². The molecule has 3 heteroatoms. The van der Waals surface area contributed by atoms with Gasteiger partial charge in [-0.2, -0.15) is 11.8 Å². The van der Waals surface area contributed by atoms with Gasteiger partial charge in [-0.15, -0.1) is 0 Å². The van der Waals surface area contributed by atoms with E-state index in [1.807, 2.05) is 11.8 Å². The normalized spacial score (nSPS) is 40.1. The fourth-order valence-electron chi connectivity index (χ4n) is 1.91. The monoisotopic (exact) mass is 173 g/mol. The van der Waals surface area contributed by atoms with Gasteiger partial charge in [0, 0.05) is 24.9 Å². The van der Waals surface area contributed by atoms with E-state index in [-0.39, 0.29) is 6.10 Å². The third-order valence-electron chi connectivity index (χ3n) is 2.62. The van der Waals surface area contributed by atoms with Crippen LogP contribution in [-0.2, 0) is 0 Å². The summed E-state index contributed by atoms with van der Waals surface area (Å²) in [4.78, 5) is 2.45. The van der Waals surface area contributed by atoms with E-state index in [2.05, 4.69) is 4.90 Å². The second kappa shape index (κ2) is 3.33. The molecule has 0 aromatic rings. The van der Waals surface area contributed by atoms with Gasteiger partial charge in [0.2, 0.25) is 0 Å². The van der Waals surface area contributed by atoms with Gasteiger partial charge in [0.25, 0.3) is 0 Å². The topological polar surface area (TPSA) is 23.5 Å². The highest BCUT2D eigenvalue weighted by Crippen LogP contribution is 2.25. The molecule has 64 valence electrons. The van der Waals surface area contributed by atoms with Crippen molar-refractivity contribution in [1.82, 2.24) is 4.90 Å². The third kappa shape index (κ3) is 1.71. The van der Waals surface area contributed by atoms with Crippen molar-refractivity contribution in [1.29, 1.82) is 0 Å². The Kier molecular flexibility index (Phi) is 2.39. The van der Waals surface area contributed by atoms with Crippen molar-refractivity contribution in [2.75, 3.05) is 24.6 Å². The Morgan fingerprint density at radius 3 is 2.82 bits per heavy atom. The minimum Gasteiger partial charge on any atom is -0.392 e. The molecule has 2 nitrogen and oxygen atoms in total. The molecule has 2 heterocycles. The van der Waals surface area contributed by atoms with Crippen LogP contribution in [-0.4, -0.2) is 46.7 Å². The molecule has 0 bridgehead atoms. The zero-order valence-electron chi connectivity index (χ0n) is 6.70. The maximum absolute atomic E-state index is 9.31. The van der Waals surface area contributed by atoms with Crippen LogP contribution in [0, 0.1) is 0 Å². The van der Waals surface area contributed by atoms with E-state index in [1.165, 1.54) is 17.9 Å². The fourth-order valence-corrected chi connectivity index (χ4v) is 3.16. The largest absolute Gasteiger partial charge is 0.392 e. The third-order valence-corrected chi connectivity index (χ3v) is 3.76. The number of β-amino-alcohol motifs (C(OH)–C–C–N with tert-alkyl or cyclic N) is 1. The van der Waals surface area contributed by atoms with Crippen molar-refractivity contribution in [2.24, 2.45) is 0 Å². The lowest BCUT2D eigenvalue weighted by Crippen LogP contribution is -2.33. The molecular formula is C8H15NOS. The van der Waals surface area contributed by atoms with Crippen molar-refractivity contribution in [3.8, 4) is 0 Å². The summed E-state index contributed by atoms with van der Waals surface area (Å²) in [6.45, 7) is 2.04. The minimum atomic E-state index is -0.0411. The van der Waals surface area contributed by atoms with Crippen LogP contribution in [0.5, 0.6) is 0 Å². The first kappa shape index (κ1) is 7.90. The van der Waals surface area contributed by atoms with Crippen LogP contribution in [0.25, 0.3) is 0 Å². The number of rotatable bonds is 1. The standard InChI is InChI=1S/C8H15NOS/c10-8-1-3-9(5-8)7-2-4-11-6-7/h7-8,10H,1-6H2/t7-,8-/m1/s1. The fraction of sp³-hybridized carbons (Fsp3) is 1.00. The van der Waals surface area contributed by atoms with Crippen molar-refractivity contribution >= 4 is 11.8 Å². The molecule has 0 amide bonds. The molecule has 0 saturated carbocycles. The molecule has 1 N–H and O–H groups in total. The van der Waals surface area contributed by atoms with Crippen LogP contribution < -0.4 is 0 Å². The summed E-state index contributed by atoms with van der Waals surface area (Å²) >= 11 is 2.05. The van der Waals surface area contributed by atoms with Gasteiger partial charge in [-0.05, 0) is 18.6 Å².